The van der Waals surface area contributed by atoms with Crippen LogP contribution in [0.2, 0.25) is 0 Å². The fourth-order valence-electron chi connectivity index (χ4n) is 1.66. The van der Waals surface area contributed by atoms with Crippen LogP contribution < -0.4 is 68.5 Å². The van der Waals surface area contributed by atoms with Gasteiger partial charge in [0, 0.05) is 0 Å². The van der Waals surface area contributed by atoms with Gasteiger partial charge < -0.3 is 34.4 Å². The number of hydrogen-bond acceptors (Lipinski definition) is 18. The molecule has 0 aromatic carbocycles. The van der Waals surface area contributed by atoms with Crippen LogP contribution >= 0.6 is 0 Å². The van der Waals surface area contributed by atoms with E-state index < -0.39 is 34.1 Å². The number of H-pyrrole nitrogens is 6. The molecule has 0 radical (unpaired) electrons. The van der Waals surface area contributed by atoms with E-state index in [9.17, 15) is 28.8 Å². The summed E-state index contributed by atoms with van der Waals surface area (Å²) in [4.78, 5) is 93.4. The van der Waals surface area contributed by atoms with Crippen LogP contribution in [-0.4, -0.2) is 59.8 Å². The van der Waals surface area contributed by atoms with Crippen molar-refractivity contribution in [3.05, 3.63) is 62.9 Å². The van der Waals surface area contributed by atoms with Gasteiger partial charge in [-0.1, -0.05) is 0 Å². The Kier molecular flexibility index (Phi) is 9.70. The molecule has 4 aromatic rings. The van der Waals surface area contributed by atoms with Gasteiger partial charge in [-0.25, -0.2) is 28.8 Å². The van der Waals surface area contributed by atoms with Crippen molar-refractivity contribution in [1.29, 1.82) is 0 Å². The third kappa shape index (κ3) is 11.3. The summed E-state index contributed by atoms with van der Waals surface area (Å²) in [5.41, 5.74) is 26.2. The lowest BCUT2D eigenvalue weighted by atomic mass is 10.9. The average Bonchev–Trinajstić information content (AvgIpc) is 2.64. The molecule has 0 unspecified atom stereocenters. The second-order valence-electron chi connectivity index (χ2n) is 5.56. The Labute approximate surface area is 193 Å². The maximum absolute atomic E-state index is 10.3. The van der Waals surface area contributed by atoms with Crippen molar-refractivity contribution in [2.75, 3.05) is 34.4 Å². The van der Waals surface area contributed by atoms with Crippen molar-refractivity contribution in [3.8, 4) is 0 Å². The van der Waals surface area contributed by atoms with Gasteiger partial charge in [-0.05, 0) is 0 Å². The van der Waals surface area contributed by atoms with Gasteiger partial charge in [-0.2, -0.15) is 29.9 Å². The van der Waals surface area contributed by atoms with Gasteiger partial charge in [0.15, 0.2) is 0 Å². The van der Waals surface area contributed by atoms with Gasteiger partial charge >= 0.3 is 34.1 Å². The van der Waals surface area contributed by atoms with Crippen LogP contribution in [-0.2, 0) is 0 Å². The first-order valence-corrected chi connectivity index (χ1v) is 8.64. The molecule has 18 N–H and O–H groups in total. The number of anilines is 6. The van der Waals surface area contributed by atoms with Crippen LogP contribution in [0.3, 0.4) is 0 Å². The standard InChI is InChI=1S/2C3H5N5O.2C3H4N4O2/c2*4-1-6-2(5)8-3(9)7-1;2*4-1-5-2(8)7-3(9)6-1/h2*(H5,4,5,6,7,8,9);2*(H4,4,5,6,7,8,9). The Morgan fingerprint density at radius 1 is 0.361 bits per heavy atom. The summed E-state index contributed by atoms with van der Waals surface area (Å²) < 4.78 is 0. The largest absolute Gasteiger partial charge is 0.369 e. The number of hydrogen-bond donors (Lipinski definition) is 12. The maximum atomic E-state index is 10.3. The third-order valence-electron chi connectivity index (χ3n) is 2.74. The summed E-state index contributed by atoms with van der Waals surface area (Å²) in [5.74, 6) is -0.625. The second-order valence-corrected chi connectivity index (χ2v) is 5.56. The molecule has 24 nitrogen and oxygen atoms in total. The second kappa shape index (κ2) is 12.6. The minimum Gasteiger partial charge on any atom is -0.369 e. The Hall–Kier alpha value is -6.36. The minimum absolute atomic E-state index is 0.0208. The van der Waals surface area contributed by atoms with E-state index in [2.05, 4.69) is 49.8 Å². The zero-order valence-corrected chi connectivity index (χ0v) is 17.6. The summed E-state index contributed by atoms with van der Waals surface area (Å²) >= 11 is 0. The Bertz CT molecular complexity index is 1420. The molecule has 36 heavy (non-hydrogen) atoms. The fourth-order valence-corrected chi connectivity index (χ4v) is 1.66. The van der Waals surface area contributed by atoms with E-state index in [1.165, 1.54) is 0 Å². The van der Waals surface area contributed by atoms with Crippen molar-refractivity contribution in [2.24, 2.45) is 0 Å². The number of nitrogens with one attached hydrogen (secondary N) is 6. The highest BCUT2D eigenvalue weighted by atomic mass is 16.2. The lowest BCUT2D eigenvalue weighted by Crippen LogP contribution is -2.25. The normalized spacial score (nSPS) is 9.33. The quantitative estimate of drug-likeness (QED) is 0.104. The molecule has 192 valence electrons. The van der Waals surface area contributed by atoms with E-state index in [1.807, 2.05) is 9.97 Å². The van der Waals surface area contributed by atoms with E-state index in [1.54, 1.807) is 0 Å². The number of aromatic nitrogens is 12. The molecule has 4 aromatic heterocycles. The molecule has 4 heterocycles. The minimum atomic E-state index is -0.740. The number of rotatable bonds is 0. The summed E-state index contributed by atoms with van der Waals surface area (Å²) in [6.07, 6.45) is 0. The first-order chi connectivity index (χ1) is 16.7. The molecule has 0 saturated heterocycles. The van der Waals surface area contributed by atoms with Gasteiger partial charge in [0.25, 0.3) is 0 Å². The highest BCUT2D eigenvalue weighted by Gasteiger charge is 1.92. The van der Waals surface area contributed by atoms with Crippen LogP contribution in [0.1, 0.15) is 0 Å². The monoisotopic (exact) mass is 510 g/mol. The summed E-state index contributed by atoms with van der Waals surface area (Å²) in [7, 11) is 0. The summed E-state index contributed by atoms with van der Waals surface area (Å²) in [5, 5.41) is 0. The molecule has 0 bridgehead atoms. The van der Waals surface area contributed by atoms with Crippen molar-refractivity contribution >= 4 is 35.7 Å². The first-order valence-electron chi connectivity index (χ1n) is 8.64. The van der Waals surface area contributed by atoms with Crippen molar-refractivity contribution < 1.29 is 0 Å². The average molecular weight is 510 g/mol. The molecule has 0 spiro atoms. The van der Waals surface area contributed by atoms with Crippen LogP contribution in [0.4, 0.5) is 35.7 Å². The predicted molar refractivity (Wildman–Crippen MR) is 123 cm³/mol. The molecule has 0 saturated carbocycles. The number of nitrogens with two attached hydrogens (primary N) is 6. The van der Waals surface area contributed by atoms with Gasteiger partial charge in [-0.15, -0.1) is 0 Å². The van der Waals surface area contributed by atoms with Crippen molar-refractivity contribution in [3.63, 3.8) is 0 Å². The topological polar surface area (TPSA) is 431 Å². The Morgan fingerprint density at radius 3 is 0.861 bits per heavy atom. The molecular weight excluding hydrogens is 492 g/mol. The Morgan fingerprint density at radius 2 is 0.639 bits per heavy atom. The zero-order valence-electron chi connectivity index (χ0n) is 17.6. The summed E-state index contributed by atoms with van der Waals surface area (Å²) in [6, 6.07) is 0. The lowest BCUT2D eigenvalue weighted by molar-refractivity contribution is 0.947. The number of nitrogens with zero attached hydrogens (tertiary/aromatic N) is 6. The molecule has 4 rings (SSSR count). The number of aromatic amines is 6. The molecule has 0 atom stereocenters. The molecular formula is C12H18N18O6. The van der Waals surface area contributed by atoms with E-state index in [-0.39, 0.29) is 35.7 Å². The first kappa shape index (κ1) is 27.7. The van der Waals surface area contributed by atoms with Crippen LogP contribution in [0.15, 0.2) is 28.8 Å². The molecule has 0 aliphatic rings. The molecule has 0 aliphatic carbocycles. The van der Waals surface area contributed by atoms with Gasteiger partial charge in [0.1, 0.15) is 0 Å². The van der Waals surface area contributed by atoms with E-state index >= 15 is 0 Å². The molecule has 0 aliphatic heterocycles. The SMILES string of the molecule is Nc1nc(=O)[nH]c(=O)[nH]1.Nc1nc(=O)[nH]c(=O)[nH]1.Nc1nc(N)[nH]c(=O)n1.Nc1nc(N)[nH]c(=O)n1. The highest BCUT2D eigenvalue weighted by Crippen LogP contribution is 1.85. The van der Waals surface area contributed by atoms with Gasteiger partial charge in [-0.3, -0.25) is 29.9 Å². The zero-order chi connectivity index (χ0) is 27.4. The van der Waals surface area contributed by atoms with Gasteiger partial charge in [0.2, 0.25) is 35.7 Å². The lowest BCUT2D eigenvalue weighted by Gasteiger charge is -1.89. The maximum Gasteiger partial charge on any atom is 0.352 e. The fraction of sp³-hybridized carbons (Fsp3) is 0. The predicted octanol–water partition coefficient (Wildman–Crippen LogP) is -7.26. The van der Waals surface area contributed by atoms with E-state index in [4.69, 9.17) is 34.4 Å². The van der Waals surface area contributed by atoms with Gasteiger partial charge in [0.05, 0.1) is 0 Å². The Balaban J connectivity index is 0.000000240. The van der Waals surface area contributed by atoms with E-state index in [0.717, 1.165) is 0 Å². The molecule has 0 fully saturated rings. The van der Waals surface area contributed by atoms with Crippen LogP contribution in [0.5, 0.6) is 0 Å². The van der Waals surface area contributed by atoms with E-state index in [0.29, 0.717) is 0 Å². The number of nitrogen functional groups attached to an aromatic ring is 6. The van der Waals surface area contributed by atoms with Crippen molar-refractivity contribution in [1.82, 2.24) is 59.8 Å². The van der Waals surface area contributed by atoms with Crippen LogP contribution in [0, 0.1) is 0 Å². The smallest absolute Gasteiger partial charge is 0.352 e. The third-order valence-corrected chi connectivity index (χ3v) is 2.74. The van der Waals surface area contributed by atoms with Crippen molar-refractivity contribution in [2.45, 2.75) is 0 Å². The summed E-state index contributed by atoms with van der Waals surface area (Å²) in [6.45, 7) is 0. The molecule has 0 amide bonds. The highest BCUT2D eigenvalue weighted by molar-refractivity contribution is 5.23. The molecule has 24 heteroatoms. The van der Waals surface area contributed by atoms with Crippen LogP contribution in [0.25, 0.3) is 0 Å².